The number of piperazine rings is 1. The Morgan fingerprint density at radius 3 is 2.56 bits per heavy atom. The van der Waals surface area contributed by atoms with Crippen molar-refractivity contribution in [1.29, 1.82) is 0 Å². The molecule has 1 saturated heterocycles. The SMILES string of the molecule is CC(NC(=O)c1cccc(-c2ccnc(N3CCN(C)CC3)n2)c1)c1cccc2ccccc12. The van der Waals surface area contributed by atoms with Gasteiger partial charge in [-0.25, -0.2) is 9.97 Å². The highest BCUT2D eigenvalue weighted by molar-refractivity contribution is 5.96. The molecule has 0 spiro atoms. The number of aromatic nitrogens is 2. The fraction of sp³-hybridized carbons (Fsp3) is 0.250. The van der Waals surface area contributed by atoms with Gasteiger partial charge in [0, 0.05) is 43.5 Å². The second-order valence-corrected chi connectivity index (χ2v) is 8.88. The molecule has 0 radical (unpaired) electrons. The summed E-state index contributed by atoms with van der Waals surface area (Å²) in [6, 6.07) is 23.9. The summed E-state index contributed by atoms with van der Waals surface area (Å²) in [5.74, 6) is 0.640. The second-order valence-electron chi connectivity index (χ2n) is 8.88. The van der Waals surface area contributed by atoms with Gasteiger partial charge in [-0.15, -0.1) is 0 Å². The number of anilines is 1. The molecule has 1 unspecified atom stereocenters. The maximum absolute atomic E-state index is 13.1. The van der Waals surface area contributed by atoms with Crippen LogP contribution in [0.15, 0.2) is 79.0 Å². The van der Waals surface area contributed by atoms with Gasteiger partial charge < -0.3 is 15.1 Å². The minimum atomic E-state index is -0.120. The topological polar surface area (TPSA) is 61.4 Å². The number of amides is 1. The average Bonchev–Trinajstić information content (AvgIpc) is 2.89. The molecule has 1 atom stereocenters. The van der Waals surface area contributed by atoms with E-state index < -0.39 is 0 Å². The smallest absolute Gasteiger partial charge is 0.251 e. The molecule has 1 fully saturated rings. The first-order valence-electron chi connectivity index (χ1n) is 11.7. The Kier molecular flexibility index (Phi) is 6.23. The summed E-state index contributed by atoms with van der Waals surface area (Å²) in [7, 11) is 2.13. The summed E-state index contributed by atoms with van der Waals surface area (Å²) in [4.78, 5) is 26.9. The van der Waals surface area contributed by atoms with Crippen LogP contribution in [0.2, 0.25) is 0 Å². The number of rotatable bonds is 5. The molecule has 6 heteroatoms. The zero-order chi connectivity index (χ0) is 23.5. The average molecular weight is 452 g/mol. The molecule has 1 aliphatic rings. The Hall–Kier alpha value is -3.77. The van der Waals surface area contributed by atoms with E-state index in [1.165, 1.54) is 5.39 Å². The van der Waals surface area contributed by atoms with Gasteiger partial charge in [-0.3, -0.25) is 4.79 Å². The van der Waals surface area contributed by atoms with Gasteiger partial charge in [-0.2, -0.15) is 0 Å². The predicted molar refractivity (Wildman–Crippen MR) is 137 cm³/mol. The molecule has 1 aliphatic heterocycles. The van der Waals surface area contributed by atoms with Crippen molar-refractivity contribution in [2.24, 2.45) is 0 Å². The lowest BCUT2D eigenvalue weighted by atomic mass is 9.99. The maximum Gasteiger partial charge on any atom is 0.251 e. The Bertz CT molecular complexity index is 1310. The lowest BCUT2D eigenvalue weighted by Crippen LogP contribution is -2.45. The minimum absolute atomic E-state index is 0.101. The van der Waals surface area contributed by atoms with Gasteiger partial charge in [-0.05, 0) is 48.5 Å². The quantitative estimate of drug-likeness (QED) is 0.483. The van der Waals surface area contributed by atoms with E-state index in [-0.39, 0.29) is 11.9 Å². The van der Waals surface area contributed by atoms with E-state index in [9.17, 15) is 4.79 Å². The van der Waals surface area contributed by atoms with Crippen LogP contribution >= 0.6 is 0 Å². The van der Waals surface area contributed by atoms with Crippen molar-refractivity contribution in [2.45, 2.75) is 13.0 Å². The fourth-order valence-corrected chi connectivity index (χ4v) is 4.47. The van der Waals surface area contributed by atoms with Gasteiger partial charge in [0.05, 0.1) is 11.7 Å². The summed E-state index contributed by atoms with van der Waals surface area (Å²) in [6.45, 7) is 5.84. The molecule has 172 valence electrons. The highest BCUT2D eigenvalue weighted by atomic mass is 16.1. The van der Waals surface area contributed by atoms with E-state index in [1.807, 2.05) is 55.5 Å². The Morgan fingerprint density at radius 1 is 0.941 bits per heavy atom. The van der Waals surface area contributed by atoms with Crippen LogP contribution in [0.3, 0.4) is 0 Å². The van der Waals surface area contributed by atoms with Crippen LogP contribution in [0.1, 0.15) is 28.9 Å². The van der Waals surface area contributed by atoms with Crippen LogP contribution in [-0.4, -0.2) is 54.0 Å². The number of hydrogen-bond acceptors (Lipinski definition) is 5. The van der Waals surface area contributed by atoms with Crippen molar-refractivity contribution < 1.29 is 4.79 Å². The number of nitrogens with zero attached hydrogens (tertiary/aromatic N) is 4. The summed E-state index contributed by atoms with van der Waals surface area (Å²) in [5.41, 5.74) is 3.45. The Labute approximate surface area is 200 Å². The molecule has 3 aromatic carbocycles. The van der Waals surface area contributed by atoms with Crippen LogP contribution in [0.4, 0.5) is 5.95 Å². The molecule has 5 rings (SSSR count). The van der Waals surface area contributed by atoms with Crippen molar-refractivity contribution in [3.63, 3.8) is 0 Å². The molecule has 0 saturated carbocycles. The molecule has 1 N–H and O–H groups in total. The normalized spacial score (nSPS) is 15.3. The Morgan fingerprint density at radius 2 is 1.71 bits per heavy atom. The molecule has 2 heterocycles. The van der Waals surface area contributed by atoms with Crippen LogP contribution in [0, 0.1) is 0 Å². The summed E-state index contributed by atoms with van der Waals surface area (Å²) < 4.78 is 0. The van der Waals surface area contributed by atoms with Gasteiger partial charge in [-0.1, -0.05) is 54.6 Å². The number of fused-ring (bicyclic) bond motifs is 1. The largest absolute Gasteiger partial charge is 0.345 e. The summed E-state index contributed by atoms with van der Waals surface area (Å²) >= 11 is 0. The number of carbonyl (C=O) groups excluding carboxylic acids is 1. The van der Waals surface area contributed by atoms with Crippen LogP contribution in [-0.2, 0) is 0 Å². The first-order chi connectivity index (χ1) is 16.6. The molecule has 34 heavy (non-hydrogen) atoms. The van der Waals surface area contributed by atoms with Crippen LogP contribution < -0.4 is 10.2 Å². The molecule has 1 amide bonds. The van der Waals surface area contributed by atoms with Gasteiger partial charge in [0.2, 0.25) is 5.95 Å². The van der Waals surface area contributed by atoms with Crippen molar-refractivity contribution in [3.8, 4) is 11.3 Å². The van der Waals surface area contributed by atoms with E-state index >= 15 is 0 Å². The van der Waals surface area contributed by atoms with Crippen molar-refractivity contribution in [1.82, 2.24) is 20.2 Å². The first kappa shape index (κ1) is 22.0. The molecular weight excluding hydrogens is 422 g/mol. The van der Waals surface area contributed by atoms with Gasteiger partial charge >= 0.3 is 0 Å². The number of benzene rings is 3. The van der Waals surface area contributed by atoms with Gasteiger partial charge in [0.1, 0.15) is 0 Å². The standard InChI is InChI=1S/C28H29N5O/c1-20(24-12-6-8-21-7-3-4-11-25(21)24)30-27(34)23-10-5-9-22(19-23)26-13-14-29-28(31-26)33-17-15-32(2)16-18-33/h3-14,19-20H,15-18H2,1-2H3,(H,30,34). The van der Waals surface area contributed by atoms with E-state index in [4.69, 9.17) is 4.98 Å². The third-order valence-corrected chi connectivity index (χ3v) is 6.49. The van der Waals surface area contributed by atoms with E-state index in [1.54, 1.807) is 6.20 Å². The fourth-order valence-electron chi connectivity index (χ4n) is 4.47. The van der Waals surface area contributed by atoms with E-state index in [0.29, 0.717) is 5.56 Å². The molecule has 0 aliphatic carbocycles. The van der Waals surface area contributed by atoms with Crippen molar-refractivity contribution >= 4 is 22.6 Å². The third-order valence-electron chi connectivity index (χ3n) is 6.49. The number of carbonyl (C=O) groups is 1. The zero-order valence-corrected chi connectivity index (χ0v) is 19.6. The highest BCUT2D eigenvalue weighted by Gasteiger charge is 2.18. The Balaban J connectivity index is 1.35. The predicted octanol–water partition coefficient (Wildman–Crippen LogP) is 4.54. The third kappa shape index (κ3) is 4.63. The van der Waals surface area contributed by atoms with Crippen molar-refractivity contribution in [3.05, 3.63) is 90.1 Å². The van der Waals surface area contributed by atoms with E-state index in [2.05, 4.69) is 51.4 Å². The molecular formula is C28H29N5O. The second kappa shape index (κ2) is 9.61. The summed E-state index contributed by atoms with van der Waals surface area (Å²) in [5, 5.41) is 5.49. The summed E-state index contributed by atoms with van der Waals surface area (Å²) in [6.07, 6.45) is 1.80. The van der Waals surface area contributed by atoms with Crippen molar-refractivity contribution in [2.75, 3.05) is 38.1 Å². The molecule has 1 aromatic heterocycles. The number of likely N-dealkylation sites (N-methyl/N-ethyl adjacent to an activating group) is 1. The van der Waals surface area contributed by atoms with E-state index in [0.717, 1.165) is 54.3 Å². The number of nitrogens with one attached hydrogen (secondary N) is 1. The first-order valence-corrected chi connectivity index (χ1v) is 11.7. The lowest BCUT2D eigenvalue weighted by Gasteiger charge is -2.32. The zero-order valence-electron chi connectivity index (χ0n) is 19.6. The molecule has 4 aromatic rings. The van der Waals surface area contributed by atoms with Crippen LogP contribution in [0.5, 0.6) is 0 Å². The number of hydrogen-bond donors (Lipinski definition) is 1. The highest BCUT2D eigenvalue weighted by Crippen LogP contribution is 2.25. The minimum Gasteiger partial charge on any atom is -0.345 e. The molecule has 6 nitrogen and oxygen atoms in total. The van der Waals surface area contributed by atoms with Gasteiger partial charge in [0.15, 0.2) is 0 Å². The van der Waals surface area contributed by atoms with Crippen LogP contribution in [0.25, 0.3) is 22.0 Å². The van der Waals surface area contributed by atoms with Gasteiger partial charge in [0.25, 0.3) is 5.91 Å². The maximum atomic E-state index is 13.1. The monoisotopic (exact) mass is 451 g/mol. The molecule has 0 bridgehead atoms. The lowest BCUT2D eigenvalue weighted by molar-refractivity contribution is 0.0940.